The Morgan fingerprint density at radius 3 is 2.81 bits per heavy atom. The molecule has 4 heterocycles. The standard InChI is InChI=1S/C19H21ClN4O2/c1-22-14-3-4-15(22)9-23(8-14)18(10-25)24-19-12(7-21-24)11-26-17-5-2-13(20)6-16(17)19/h2,5-7,10,14-15,18H,3-4,8-9,11H2,1H3. The molecule has 3 aliphatic rings. The van der Waals surface area contributed by atoms with Gasteiger partial charge in [0.2, 0.25) is 0 Å². The molecule has 3 unspecified atom stereocenters. The lowest BCUT2D eigenvalue weighted by Crippen LogP contribution is -2.54. The molecule has 0 spiro atoms. The average Bonchev–Trinajstić information content (AvgIpc) is 3.13. The highest BCUT2D eigenvalue weighted by Gasteiger charge is 2.41. The number of aldehydes is 1. The summed E-state index contributed by atoms with van der Waals surface area (Å²) in [5, 5.41) is 5.22. The molecule has 2 fully saturated rings. The number of carbonyl (C=O) groups is 1. The maximum atomic E-state index is 12.1. The van der Waals surface area contributed by atoms with Gasteiger partial charge in [-0.05, 0) is 38.1 Å². The maximum absolute atomic E-state index is 12.1. The van der Waals surface area contributed by atoms with Gasteiger partial charge in [0.25, 0.3) is 0 Å². The summed E-state index contributed by atoms with van der Waals surface area (Å²) in [6.45, 7) is 2.25. The van der Waals surface area contributed by atoms with E-state index in [1.807, 2.05) is 22.9 Å². The summed E-state index contributed by atoms with van der Waals surface area (Å²) in [4.78, 5) is 16.8. The van der Waals surface area contributed by atoms with Gasteiger partial charge in [0, 0.05) is 41.3 Å². The molecule has 2 saturated heterocycles. The molecule has 0 saturated carbocycles. The molecule has 26 heavy (non-hydrogen) atoms. The van der Waals surface area contributed by atoms with E-state index in [0.29, 0.717) is 23.7 Å². The number of benzene rings is 1. The van der Waals surface area contributed by atoms with Crippen LogP contribution in [0.2, 0.25) is 5.02 Å². The van der Waals surface area contributed by atoms with Crippen molar-refractivity contribution in [1.82, 2.24) is 19.6 Å². The first-order chi connectivity index (χ1) is 12.7. The molecule has 2 aromatic rings. The highest BCUT2D eigenvalue weighted by molar-refractivity contribution is 6.31. The van der Waals surface area contributed by atoms with Crippen molar-refractivity contribution in [2.24, 2.45) is 0 Å². The van der Waals surface area contributed by atoms with Crippen molar-refractivity contribution in [3.63, 3.8) is 0 Å². The number of halogens is 1. The number of rotatable bonds is 3. The van der Waals surface area contributed by atoms with Gasteiger partial charge < -0.3 is 4.74 Å². The van der Waals surface area contributed by atoms with E-state index in [4.69, 9.17) is 16.3 Å². The smallest absolute Gasteiger partial charge is 0.161 e. The Labute approximate surface area is 157 Å². The van der Waals surface area contributed by atoms with Crippen LogP contribution in [0.3, 0.4) is 0 Å². The number of aromatic nitrogens is 2. The molecule has 1 aromatic carbocycles. The monoisotopic (exact) mass is 372 g/mol. The number of piperazine rings is 1. The van der Waals surface area contributed by atoms with Crippen LogP contribution in [0.15, 0.2) is 24.4 Å². The van der Waals surface area contributed by atoms with Gasteiger partial charge in [0.15, 0.2) is 12.5 Å². The lowest BCUT2D eigenvalue weighted by atomic mass is 10.0. The summed E-state index contributed by atoms with van der Waals surface area (Å²) < 4.78 is 7.67. The predicted octanol–water partition coefficient (Wildman–Crippen LogP) is 2.57. The zero-order valence-electron chi connectivity index (χ0n) is 14.6. The van der Waals surface area contributed by atoms with Gasteiger partial charge in [0.1, 0.15) is 12.4 Å². The number of likely N-dealkylation sites (tertiary alicyclic amines) is 1. The molecule has 5 rings (SSSR count). The Morgan fingerprint density at radius 2 is 2.08 bits per heavy atom. The van der Waals surface area contributed by atoms with E-state index in [1.54, 1.807) is 6.20 Å². The molecule has 6 nitrogen and oxygen atoms in total. The van der Waals surface area contributed by atoms with E-state index in [1.165, 1.54) is 12.8 Å². The third-order valence-corrected chi connectivity index (χ3v) is 6.31. The molecule has 3 atom stereocenters. The third-order valence-electron chi connectivity index (χ3n) is 6.07. The van der Waals surface area contributed by atoms with E-state index in [9.17, 15) is 4.79 Å². The van der Waals surface area contributed by atoms with Crippen LogP contribution in [0.1, 0.15) is 24.6 Å². The van der Waals surface area contributed by atoms with E-state index < -0.39 is 6.17 Å². The highest BCUT2D eigenvalue weighted by atomic mass is 35.5. The van der Waals surface area contributed by atoms with Gasteiger partial charge in [-0.3, -0.25) is 14.6 Å². The minimum atomic E-state index is -0.402. The van der Waals surface area contributed by atoms with Gasteiger partial charge in [-0.1, -0.05) is 11.6 Å². The molecule has 0 aliphatic carbocycles. The summed E-state index contributed by atoms with van der Waals surface area (Å²) in [7, 11) is 2.20. The molecule has 7 heteroatoms. The van der Waals surface area contributed by atoms with Gasteiger partial charge in [-0.15, -0.1) is 0 Å². The third kappa shape index (κ3) is 2.40. The zero-order chi connectivity index (χ0) is 17.8. The molecule has 1 aromatic heterocycles. The number of likely N-dealkylation sites (N-methyl/N-ethyl adjacent to an activating group) is 1. The summed E-state index contributed by atoms with van der Waals surface area (Å²) in [6.07, 6.45) is 4.82. The van der Waals surface area contributed by atoms with Crippen LogP contribution in [0, 0.1) is 0 Å². The Kier molecular flexibility index (Phi) is 3.81. The van der Waals surface area contributed by atoms with E-state index >= 15 is 0 Å². The highest BCUT2D eigenvalue weighted by Crippen LogP contribution is 2.41. The molecule has 0 N–H and O–H groups in total. The Morgan fingerprint density at radius 1 is 1.31 bits per heavy atom. The van der Waals surface area contributed by atoms with E-state index in [-0.39, 0.29) is 0 Å². The average molecular weight is 373 g/mol. The van der Waals surface area contributed by atoms with Gasteiger partial charge in [0.05, 0.1) is 11.9 Å². The number of carbonyl (C=O) groups excluding carboxylic acids is 1. The first kappa shape index (κ1) is 16.3. The summed E-state index contributed by atoms with van der Waals surface area (Å²) in [5.74, 6) is 0.784. The molecule has 136 valence electrons. The van der Waals surface area contributed by atoms with Crippen LogP contribution in [-0.2, 0) is 11.4 Å². The summed E-state index contributed by atoms with van der Waals surface area (Å²) >= 11 is 6.22. The van der Waals surface area contributed by atoms with Crippen LogP contribution < -0.4 is 4.74 Å². The van der Waals surface area contributed by atoms with Crippen molar-refractivity contribution in [3.8, 4) is 17.0 Å². The summed E-state index contributed by atoms with van der Waals surface area (Å²) in [5.41, 5.74) is 2.83. The zero-order valence-corrected chi connectivity index (χ0v) is 15.4. The van der Waals surface area contributed by atoms with Crippen molar-refractivity contribution in [3.05, 3.63) is 35.0 Å². The van der Waals surface area contributed by atoms with Gasteiger partial charge >= 0.3 is 0 Å². The minimum absolute atomic E-state index is 0.402. The molecular weight excluding hydrogens is 352 g/mol. The molecule has 2 bridgehead atoms. The van der Waals surface area contributed by atoms with Crippen LogP contribution in [0.25, 0.3) is 11.3 Å². The SMILES string of the molecule is CN1C2CCC1CN(C(C=O)n1ncc3c1-c1cc(Cl)ccc1OC3)C2. The summed E-state index contributed by atoms with van der Waals surface area (Å²) in [6, 6.07) is 6.63. The van der Waals surface area contributed by atoms with Crippen molar-refractivity contribution in [2.75, 3.05) is 20.1 Å². The maximum Gasteiger partial charge on any atom is 0.161 e. The molecule has 0 amide bonds. The second-order valence-electron chi connectivity index (χ2n) is 7.45. The van der Waals surface area contributed by atoms with Crippen molar-refractivity contribution in [2.45, 2.75) is 37.7 Å². The van der Waals surface area contributed by atoms with Gasteiger partial charge in [-0.25, -0.2) is 4.68 Å². The Balaban J connectivity index is 1.55. The Bertz CT molecular complexity index is 853. The van der Waals surface area contributed by atoms with Crippen LogP contribution in [0.4, 0.5) is 0 Å². The van der Waals surface area contributed by atoms with Crippen molar-refractivity contribution >= 4 is 17.9 Å². The molecular formula is C19H21ClN4O2. The van der Waals surface area contributed by atoms with Crippen LogP contribution >= 0.6 is 11.6 Å². The number of hydrogen-bond donors (Lipinski definition) is 0. The van der Waals surface area contributed by atoms with Crippen LogP contribution in [-0.4, -0.2) is 58.1 Å². The van der Waals surface area contributed by atoms with E-state index in [0.717, 1.165) is 41.9 Å². The topological polar surface area (TPSA) is 50.6 Å². The normalized spacial score (nSPS) is 26.1. The fraction of sp³-hybridized carbons (Fsp3) is 0.474. The number of fused-ring (bicyclic) bond motifs is 5. The quantitative estimate of drug-likeness (QED) is 0.775. The number of nitrogens with zero attached hydrogens (tertiary/aromatic N) is 4. The fourth-order valence-electron chi connectivity index (χ4n) is 4.63. The second kappa shape index (κ2) is 6.08. The number of hydrogen-bond acceptors (Lipinski definition) is 5. The van der Waals surface area contributed by atoms with E-state index in [2.05, 4.69) is 21.9 Å². The second-order valence-corrected chi connectivity index (χ2v) is 7.88. The first-order valence-corrected chi connectivity index (χ1v) is 9.44. The first-order valence-electron chi connectivity index (χ1n) is 9.06. The van der Waals surface area contributed by atoms with Crippen molar-refractivity contribution < 1.29 is 9.53 Å². The predicted molar refractivity (Wildman–Crippen MR) is 98.3 cm³/mol. The van der Waals surface area contributed by atoms with Crippen LogP contribution in [0.5, 0.6) is 5.75 Å². The lowest BCUT2D eigenvalue weighted by molar-refractivity contribution is -0.117. The number of ether oxygens (including phenoxy) is 1. The van der Waals surface area contributed by atoms with Gasteiger partial charge in [-0.2, -0.15) is 5.10 Å². The lowest BCUT2D eigenvalue weighted by Gasteiger charge is -2.41. The van der Waals surface area contributed by atoms with Crippen molar-refractivity contribution in [1.29, 1.82) is 0 Å². The Hall–Kier alpha value is -1.89. The minimum Gasteiger partial charge on any atom is -0.488 e. The molecule has 3 aliphatic heterocycles. The fourth-order valence-corrected chi connectivity index (χ4v) is 4.80. The largest absolute Gasteiger partial charge is 0.488 e. The molecule has 0 radical (unpaired) electrons.